The minimum absolute atomic E-state index is 0.107. The van der Waals surface area contributed by atoms with E-state index in [0.717, 1.165) is 4.68 Å². The molecule has 0 aliphatic rings. The molecule has 2 rings (SSSR count). The van der Waals surface area contributed by atoms with E-state index in [9.17, 15) is 0 Å². The molecular formula is C9H11N5O. The van der Waals surface area contributed by atoms with Gasteiger partial charge in [0.15, 0.2) is 0 Å². The molecule has 1 aromatic heterocycles. The third kappa shape index (κ3) is 1.26. The lowest BCUT2D eigenvalue weighted by molar-refractivity contribution is 0.418. The molecule has 0 amide bonds. The summed E-state index contributed by atoms with van der Waals surface area (Å²) in [5.74, 6) is 6.41. The van der Waals surface area contributed by atoms with Crippen LogP contribution in [0, 0.1) is 5.41 Å². The number of hydrogen-bond donors (Lipinski definition) is 3. The number of aromatic nitrogens is 2. The van der Waals surface area contributed by atoms with E-state index in [1.54, 1.807) is 25.3 Å². The number of nitrogens with two attached hydrogens (primary N) is 2. The molecule has 0 aliphatic heterocycles. The Labute approximate surface area is 85.6 Å². The maximum atomic E-state index is 7.51. The van der Waals surface area contributed by atoms with E-state index in [4.69, 9.17) is 21.7 Å². The zero-order chi connectivity index (χ0) is 11.0. The molecule has 5 N–H and O–H groups in total. The molecule has 0 unspecified atom stereocenters. The minimum Gasteiger partial charge on any atom is -0.494 e. The van der Waals surface area contributed by atoms with Gasteiger partial charge in [-0.2, -0.15) is 0 Å². The topological polar surface area (TPSA) is 103 Å². The van der Waals surface area contributed by atoms with Gasteiger partial charge in [-0.3, -0.25) is 5.41 Å². The van der Waals surface area contributed by atoms with E-state index < -0.39 is 0 Å². The monoisotopic (exact) mass is 205 g/mol. The van der Waals surface area contributed by atoms with E-state index in [0.29, 0.717) is 22.5 Å². The van der Waals surface area contributed by atoms with Crippen LogP contribution in [0.4, 0.5) is 5.82 Å². The average Bonchev–Trinajstić information content (AvgIpc) is 2.25. The second-order valence-corrected chi connectivity index (χ2v) is 3.05. The molecule has 2 aromatic rings. The smallest absolute Gasteiger partial charge is 0.243 e. The van der Waals surface area contributed by atoms with Gasteiger partial charge in [-0.1, -0.05) is 6.07 Å². The fourth-order valence-electron chi connectivity index (χ4n) is 1.41. The molecule has 0 saturated heterocycles. The van der Waals surface area contributed by atoms with Crippen LogP contribution >= 0.6 is 0 Å². The Hall–Kier alpha value is -2.24. The molecule has 1 aromatic carbocycles. The molecule has 1 heterocycles. The Morgan fingerprint density at radius 2 is 2.20 bits per heavy atom. The maximum absolute atomic E-state index is 7.51. The summed E-state index contributed by atoms with van der Waals surface area (Å²) in [4.78, 5) is 4.01. The van der Waals surface area contributed by atoms with Gasteiger partial charge in [0.1, 0.15) is 17.1 Å². The summed E-state index contributed by atoms with van der Waals surface area (Å²) in [6.45, 7) is 0. The van der Waals surface area contributed by atoms with Crippen molar-refractivity contribution in [1.29, 1.82) is 5.41 Å². The van der Waals surface area contributed by atoms with Crippen LogP contribution in [-0.4, -0.2) is 16.8 Å². The molecule has 0 spiro atoms. The third-order valence-corrected chi connectivity index (χ3v) is 2.20. The number of methoxy groups -OCH3 is 1. The van der Waals surface area contributed by atoms with Crippen LogP contribution in [-0.2, 0) is 0 Å². The fraction of sp³-hybridized carbons (Fsp3) is 0.111. The summed E-state index contributed by atoms with van der Waals surface area (Å²) in [7, 11) is 1.54. The molecule has 0 bridgehead atoms. The van der Waals surface area contributed by atoms with Crippen LogP contribution in [0.15, 0.2) is 18.2 Å². The van der Waals surface area contributed by atoms with Crippen molar-refractivity contribution >= 4 is 16.7 Å². The minimum atomic E-state index is -0.107. The van der Waals surface area contributed by atoms with Gasteiger partial charge in [-0.05, 0) is 12.1 Å². The van der Waals surface area contributed by atoms with Gasteiger partial charge in [0.2, 0.25) is 5.62 Å². The first-order chi connectivity index (χ1) is 7.15. The highest BCUT2D eigenvalue weighted by atomic mass is 16.5. The number of rotatable bonds is 1. The summed E-state index contributed by atoms with van der Waals surface area (Å²) < 4.78 is 6.16. The van der Waals surface area contributed by atoms with Crippen molar-refractivity contribution in [3.63, 3.8) is 0 Å². The van der Waals surface area contributed by atoms with Crippen molar-refractivity contribution < 1.29 is 4.74 Å². The number of fused-ring (bicyclic) bond motifs is 1. The number of para-hydroxylation sites is 1. The Bertz CT molecular complexity index is 574. The Morgan fingerprint density at radius 3 is 2.87 bits per heavy atom. The van der Waals surface area contributed by atoms with Gasteiger partial charge in [-0.15, -0.1) is 0 Å². The van der Waals surface area contributed by atoms with Gasteiger partial charge in [0.05, 0.1) is 7.11 Å². The Kier molecular flexibility index (Phi) is 1.96. The summed E-state index contributed by atoms with van der Waals surface area (Å²) in [6.07, 6.45) is 0. The van der Waals surface area contributed by atoms with E-state index in [2.05, 4.69) is 4.98 Å². The van der Waals surface area contributed by atoms with Crippen molar-refractivity contribution in [3.8, 4) is 5.75 Å². The largest absolute Gasteiger partial charge is 0.494 e. The van der Waals surface area contributed by atoms with Crippen molar-refractivity contribution in [2.24, 2.45) is 0 Å². The highest BCUT2D eigenvalue weighted by Crippen LogP contribution is 2.24. The van der Waals surface area contributed by atoms with E-state index >= 15 is 0 Å². The number of nitrogen functional groups attached to an aromatic ring is 2. The molecule has 15 heavy (non-hydrogen) atoms. The number of ether oxygens (including phenoxy) is 1. The Morgan fingerprint density at radius 1 is 1.47 bits per heavy atom. The van der Waals surface area contributed by atoms with Crippen LogP contribution in [0.1, 0.15) is 0 Å². The molecule has 0 radical (unpaired) electrons. The van der Waals surface area contributed by atoms with Crippen molar-refractivity contribution in [2.75, 3.05) is 18.7 Å². The second kappa shape index (κ2) is 3.16. The lowest BCUT2D eigenvalue weighted by atomic mass is 10.2. The summed E-state index contributed by atoms with van der Waals surface area (Å²) in [5.41, 5.74) is 6.20. The number of anilines is 1. The first kappa shape index (κ1) is 9.32. The highest BCUT2D eigenvalue weighted by Gasteiger charge is 2.08. The number of nitrogens with one attached hydrogen (secondary N) is 1. The van der Waals surface area contributed by atoms with E-state index in [1.807, 2.05) is 0 Å². The summed E-state index contributed by atoms with van der Waals surface area (Å²) in [6, 6.07) is 5.33. The first-order valence-electron chi connectivity index (χ1n) is 4.30. The normalized spacial score (nSPS) is 10.5. The van der Waals surface area contributed by atoms with Crippen molar-refractivity contribution in [1.82, 2.24) is 9.66 Å². The predicted octanol–water partition coefficient (Wildman–Crippen LogP) is -0.180. The van der Waals surface area contributed by atoms with Gasteiger partial charge in [0, 0.05) is 5.39 Å². The molecule has 0 fully saturated rings. The van der Waals surface area contributed by atoms with E-state index in [-0.39, 0.29) is 5.62 Å². The standard InChI is InChI=1S/C9H11N5O/c1-15-6-4-2-3-5-7(6)13-9(11)14(12)8(5)10/h2-4,11H,10,12H2,1H3. The predicted molar refractivity (Wildman–Crippen MR) is 56.7 cm³/mol. The molecule has 6 heteroatoms. The zero-order valence-corrected chi connectivity index (χ0v) is 8.19. The van der Waals surface area contributed by atoms with Gasteiger partial charge < -0.3 is 16.3 Å². The molecule has 78 valence electrons. The van der Waals surface area contributed by atoms with E-state index in [1.165, 1.54) is 0 Å². The molecular weight excluding hydrogens is 194 g/mol. The summed E-state index contributed by atoms with van der Waals surface area (Å²) in [5, 5.41) is 8.18. The molecule has 0 saturated carbocycles. The van der Waals surface area contributed by atoms with Crippen LogP contribution < -0.4 is 21.9 Å². The summed E-state index contributed by atoms with van der Waals surface area (Å²) >= 11 is 0. The maximum Gasteiger partial charge on any atom is 0.243 e. The Balaban J connectivity index is 2.98. The van der Waals surface area contributed by atoms with Crippen LogP contribution in [0.3, 0.4) is 0 Å². The zero-order valence-electron chi connectivity index (χ0n) is 8.19. The molecule has 0 atom stereocenters. The average molecular weight is 205 g/mol. The highest BCUT2D eigenvalue weighted by molar-refractivity contribution is 5.92. The third-order valence-electron chi connectivity index (χ3n) is 2.20. The fourth-order valence-corrected chi connectivity index (χ4v) is 1.41. The van der Waals surface area contributed by atoms with Gasteiger partial charge in [-0.25, -0.2) is 9.66 Å². The first-order valence-corrected chi connectivity index (χ1v) is 4.30. The molecule has 6 nitrogen and oxygen atoms in total. The lowest BCUT2D eigenvalue weighted by Gasteiger charge is -2.09. The van der Waals surface area contributed by atoms with Crippen LogP contribution in [0.2, 0.25) is 0 Å². The number of benzene rings is 1. The van der Waals surface area contributed by atoms with Gasteiger partial charge in [0.25, 0.3) is 0 Å². The second-order valence-electron chi connectivity index (χ2n) is 3.05. The van der Waals surface area contributed by atoms with Gasteiger partial charge >= 0.3 is 0 Å². The SMILES string of the molecule is COc1cccc2c(N)n(N)c(=N)nc12. The van der Waals surface area contributed by atoms with Crippen LogP contribution in [0.5, 0.6) is 5.75 Å². The number of nitrogens with zero attached hydrogens (tertiary/aromatic N) is 2. The van der Waals surface area contributed by atoms with Crippen molar-refractivity contribution in [3.05, 3.63) is 23.8 Å². The van der Waals surface area contributed by atoms with Crippen LogP contribution in [0.25, 0.3) is 10.9 Å². The lowest BCUT2D eigenvalue weighted by Crippen LogP contribution is -2.31. The number of hydrogen-bond acceptors (Lipinski definition) is 5. The van der Waals surface area contributed by atoms with Crippen molar-refractivity contribution in [2.45, 2.75) is 0 Å². The molecule has 0 aliphatic carbocycles. The quantitative estimate of drug-likeness (QED) is 0.562.